The predicted molar refractivity (Wildman–Crippen MR) is 76.6 cm³/mol. The van der Waals surface area contributed by atoms with Crippen molar-refractivity contribution in [3.8, 4) is 0 Å². The molecule has 0 aliphatic carbocycles. The first kappa shape index (κ1) is 15.1. The van der Waals surface area contributed by atoms with Crippen LogP contribution in [0.15, 0.2) is 35.7 Å². The molecule has 0 spiro atoms. The van der Waals surface area contributed by atoms with Gasteiger partial charge in [0.15, 0.2) is 0 Å². The zero-order chi connectivity index (χ0) is 14.5. The minimum absolute atomic E-state index is 0.00892. The highest BCUT2D eigenvalue weighted by Crippen LogP contribution is 2.21. The van der Waals surface area contributed by atoms with Crippen molar-refractivity contribution in [3.63, 3.8) is 0 Å². The molecule has 1 aromatic carbocycles. The quantitative estimate of drug-likeness (QED) is 0.881. The van der Waals surface area contributed by atoms with Crippen LogP contribution in [0.25, 0.3) is 0 Å². The average Bonchev–Trinajstić information content (AvgIpc) is 2.93. The molecule has 108 valence electrons. The first-order valence-corrected chi connectivity index (χ1v) is 7.36. The van der Waals surface area contributed by atoms with Crippen molar-refractivity contribution in [2.75, 3.05) is 13.1 Å². The third kappa shape index (κ3) is 3.85. The van der Waals surface area contributed by atoms with Crippen LogP contribution in [0.4, 0.5) is 8.78 Å². The van der Waals surface area contributed by atoms with Crippen molar-refractivity contribution in [3.05, 3.63) is 57.8 Å². The summed E-state index contributed by atoms with van der Waals surface area (Å²) in [5, 5.41) is 12.1. The van der Waals surface area contributed by atoms with E-state index < -0.39 is 17.7 Å². The van der Waals surface area contributed by atoms with E-state index in [1.54, 1.807) is 11.3 Å². The summed E-state index contributed by atoms with van der Waals surface area (Å²) in [6.45, 7) is 3.67. The molecule has 0 radical (unpaired) electrons. The number of benzene rings is 1. The second kappa shape index (κ2) is 6.92. The lowest BCUT2D eigenvalue weighted by atomic mass is 10.1. The number of aliphatic hydroxyl groups is 1. The van der Waals surface area contributed by atoms with Crippen LogP contribution >= 0.6 is 11.3 Å². The third-order valence-corrected chi connectivity index (χ3v) is 4.02. The summed E-state index contributed by atoms with van der Waals surface area (Å²) in [6, 6.07) is 7.14. The van der Waals surface area contributed by atoms with Crippen LogP contribution in [0.3, 0.4) is 0 Å². The SMILES string of the molecule is CCN(Cc1cccs1)CC(O)c1cc(F)ccc1F. The maximum absolute atomic E-state index is 13.6. The van der Waals surface area contributed by atoms with Gasteiger partial charge in [0, 0.05) is 23.5 Å². The van der Waals surface area contributed by atoms with Crippen LogP contribution < -0.4 is 0 Å². The molecule has 2 nitrogen and oxygen atoms in total. The fraction of sp³-hybridized carbons (Fsp3) is 0.333. The van der Waals surface area contributed by atoms with Gasteiger partial charge in [-0.3, -0.25) is 4.90 Å². The highest BCUT2D eigenvalue weighted by Gasteiger charge is 2.17. The largest absolute Gasteiger partial charge is 0.387 e. The summed E-state index contributed by atoms with van der Waals surface area (Å²) in [4.78, 5) is 3.18. The van der Waals surface area contributed by atoms with Gasteiger partial charge >= 0.3 is 0 Å². The van der Waals surface area contributed by atoms with E-state index in [1.807, 2.05) is 29.3 Å². The van der Waals surface area contributed by atoms with E-state index in [0.29, 0.717) is 6.54 Å². The maximum atomic E-state index is 13.6. The van der Waals surface area contributed by atoms with E-state index in [2.05, 4.69) is 0 Å². The molecule has 0 bridgehead atoms. The molecular weight excluding hydrogens is 280 g/mol. The van der Waals surface area contributed by atoms with Gasteiger partial charge < -0.3 is 5.11 Å². The molecule has 2 aromatic rings. The van der Waals surface area contributed by atoms with Crippen LogP contribution in [0, 0.1) is 11.6 Å². The van der Waals surface area contributed by atoms with Gasteiger partial charge in [0.05, 0.1) is 6.10 Å². The van der Waals surface area contributed by atoms with Crippen LogP contribution in [0.1, 0.15) is 23.5 Å². The maximum Gasteiger partial charge on any atom is 0.129 e. The van der Waals surface area contributed by atoms with Gasteiger partial charge in [0.25, 0.3) is 0 Å². The van der Waals surface area contributed by atoms with Gasteiger partial charge in [-0.05, 0) is 36.2 Å². The summed E-state index contributed by atoms with van der Waals surface area (Å²) in [7, 11) is 0. The van der Waals surface area contributed by atoms with Crippen LogP contribution in [-0.4, -0.2) is 23.1 Å². The number of thiophene rings is 1. The average molecular weight is 297 g/mol. The summed E-state index contributed by atoms with van der Waals surface area (Å²) < 4.78 is 26.8. The lowest BCUT2D eigenvalue weighted by Gasteiger charge is -2.23. The van der Waals surface area contributed by atoms with Crippen molar-refractivity contribution in [2.45, 2.75) is 19.6 Å². The van der Waals surface area contributed by atoms with Gasteiger partial charge in [-0.2, -0.15) is 0 Å². The molecule has 0 aliphatic heterocycles. The molecule has 1 aromatic heterocycles. The van der Waals surface area contributed by atoms with Gasteiger partial charge in [-0.25, -0.2) is 8.78 Å². The second-order valence-corrected chi connectivity index (χ2v) is 5.62. The fourth-order valence-electron chi connectivity index (χ4n) is 2.04. The highest BCUT2D eigenvalue weighted by molar-refractivity contribution is 7.09. The van der Waals surface area contributed by atoms with E-state index in [-0.39, 0.29) is 12.1 Å². The van der Waals surface area contributed by atoms with E-state index in [9.17, 15) is 13.9 Å². The van der Waals surface area contributed by atoms with Gasteiger partial charge in [-0.1, -0.05) is 13.0 Å². The predicted octanol–water partition coefficient (Wildman–Crippen LogP) is 3.58. The summed E-state index contributed by atoms with van der Waals surface area (Å²) in [5.74, 6) is -1.12. The number of hydrogen-bond donors (Lipinski definition) is 1. The molecule has 2 rings (SSSR count). The Bertz CT molecular complexity index is 545. The fourth-order valence-corrected chi connectivity index (χ4v) is 2.79. The molecule has 1 heterocycles. The van der Waals surface area contributed by atoms with Gasteiger partial charge in [-0.15, -0.1) is 11.3 Å². The minimum atomic E-state index is -1.04. The molecule has 0 saturated carbocycles. The number of rotatable bonds is 6. The van der Waals surface area contributed by atoms with E-state index in [1.165, 1.54) is 4.88 Å². The Morgan fingerprint density at radius 3 is 2.75 bits per heavy atom. The number of hydrogen-bond acceptors (Lipinski definition) is 3. The molecule has 20 heavy (non-hydrogen) atoms. The lowest BCUT2D eigenvalue weighted by molar-refractivity contribution is 0.109. The Kier molecular flexibility index (Phi) is 5.23. The number of aliphatic hydroxyl groups excluding tert-OH is 1. The summed E-state index contributed by atoms with van der Waals surface area (Å²) in [6.07, 6.45) is -1.04. The molecule has 0 aliphatic rings. The normalized spacial score (nSPS) is 12.8. The van der Waals surface area contributed by atoms with E-state index >= 15 is 0 Å². The zero-order valence-corrected chi connectivity index (χ0v) is 12.0. The first-order valence-electron chi connectivity index (χ1n) is 6.48. The Hall–Kier alpha value is -1.30. The zero-order valence-electron chi connectivity index (χ0n) is 11.2. The summed E-state index contributed by atoms with van der Waals surface area (Å²) >= 11 is 1.64. The third-order valence-electron chi connectivity index (χ3n) is 3.15. The summed E-state index contributed by atoms with van der Waals surface area (Å²) in [5.41, 5.74) is 0.00892. The minimum Gasteiger partial charge on any atom is -0.387 e. The topological polar surface area (TPSA) is 23.5 Å². The molecule has 0 fully saturated rings. The Morgan fingerprint density at radius 2 is 2.10 bits per heavy atom. The molecule has 1 unspecified atom stereocenters. The van der Waals surface area contributed by atoms with Crippen molar-refractivity contribution in [1.82, 2.24) is 4.90 Å². The van der Waals surface area contributed by atoms with E-state index in [0.717, 1.165) is 24.7 Å². The number of nitrogens with zero attached hydrogens (tertiary/aromatic N) is 1. The van der Waals surface area contributed by atoms with Crippen molar-refractivity contribution >= 4 is 11.3 Å². The van der Waals surface area contributed by atoms with Crippen molar-refractivity contribution < 1.29 is 13.9 Å². The Labute approximate surface area is 121 Å². The lowest BCUT2D eigenvalue weighted by Crippen LogP contribution is -2.28. The molecule has 1 N–H and O–H groups in total. The van der Waals surface area contributed by atoms with Crippen molar-refractivity contribution in [2.24, 2.45) is 0 Å². The number of likely N-dealkylation sites (N-methyl/N-ethyl adjacent to an activating group) is 1. The highest BCUT2D eigenvalue weighted by atomic mass is 32.1. The Balaban J connectivity index is 2.04. The second-order valence-electron chi connectivity index (χ2n) is 4.59. The molecular formula is C15H17F2NOS. The standard InChI is InChI=1S/C15H17F2NOS/c1-2-18(9-12-4-3-7-20-12)10-15(19)13-8-11(16)5-6-14(13)17/h3-8,15,19H,2,9-10H2,1H3. The smallest absolute Gasteiger partial charge is 0.129 e. The van der Waals surface area contributed by atoms with Crippen LogP contribution in [0.2, 0.25) is 0 Å². The first-order chi connectivity index (χ1) is 9.60. The number of halogens is 2. The van der Waals surface area contributed by atoms with Crippen LogP contribution in [0.5, 0.6) is 0 Å². The Morgan fingerprint density at radius 1 is 1.30 bits per heavy atom. The van der Waals surface area contributed by atoms with Crippen molar-refractivity contribution in [1.29, 1.82) is 0 Å². The monoisotopic (exact) mass is 297 g/mol. The molecule has 1 atom stereocenters. The molecule has 0 amide bonds. The van der Waals surface area contributed by atoms with Crippen LogP contribution in [-0.2, 0) is 6.54 Å². The van der Waals surface area contributed by atoms with Gasteiger partial charge in [0.1, 0.15) is 11.6 Å². The van der Waals surface area contributed by atoms with E-state index in [4.69, 9.17) is 0 Å². The molecule has 0 saturated heterocycles. The van der Waals surface area contributed by atoms with Gasteiger partial charge in [0.2, 0.25) is 0 Å². The molecule has 5 heteroatoms.